The number of amides is 1. The highest BCUT2D eigenvalue weighted by Gasteiger charge is 2.53. The first kappa shape index (κ1) is 15.3. The molecule has 2 heterocycles. The third-order valence-electron chi connectivity index (χ3n) is 4.62. The lowest BCUT2D eigenvalue weighted by Crippen LogP contribution is -2.57. The molecular formula is C16H27NO3. The molecule has 0 spiro atoms. The van der Waals surface area contributed by atoms with Gasteiger partial charge in [0, 0.05) is 23.9 Å². The van der Waals surface area contributed by atoms with Gasteiger partial charge >= 0.3 is 6.09 Å². The van der Waals surface area contributed by atoms with Crippen LogP contribution in [-0.2, 0) is 9.53 Å². The Morgan fingerprint density at radius 2 is 1.60 bits per heavy atom. The largest absolute Gasteiger partial charge is 0.444 e. The molecule has 0 aromatic heterocycles. The molecule has 1 amide bonds. The monoisotopic (exact) mass is 281 g/mol. The molecule has 114 valence electrons. The molecule has 0 aromatic carbocycles. The number of rotatable bonds is 2. The zero-order valence-corrected chi connectivity index (χ0v) is 13.3. The van der Waals surface area contributed by atoms with Crippen LogP contribution in [0.5, 0.6) is 0 Å². The summed E-state index contributed by atoms with van der Waals surface area (Å²) in [6.07, 6.45) is 3.25. The Labute approximate surface area is 121 Å². The van der Waals surface area contributed by atoms with E-state index in [-0.39, 0.29) is 30.0 Å². The highest BCUT2D eigenvalue weighted by Crippen LogP contribution is 2.43. The van der Waals surface area contributed by atoms with E-state index in [0.717, 1.165) is 25.7 Å². The topological polar surface area (TPSA) is 46.6 Å². The number of carbonyl (C=O) groups excluding carboxylic acids is 2. The van der Waals surface area contributed by atoms with Crippen molar-refractivity contribution in [1.29, 1.82) is 0 Å². The molecule has 20 heavy (non-hydrogen) atoms. The molecule has 0 radical (unpaired) electrons. The number of ketones is 1. The molecule has 0 unspecified atom stereocenters. The van der Waals surface area contributed by atoms with Crippen LogP contribution in [0.15, 0.2) is 0 Å². The maximum atomic E-state index is 12.5. The third-order valence-corrected chi connectivity index (χ3v) is 4.62. The van der Waals surface area contributed by atoms with Gasteiger partial charge in [-0.1, -0.05) is 13.8 Å². The second-order valence-corrected chi connectivity index (χ2v) is 7.03. The fourth-order valence-electron chi connectivity index (χ4n) is 3.84. The van der Waals surface area contributed by atoms with Gasteiger partial charge < -0.3 is 9.64 Å². The lowest BCUT2D eigenvalue weighted by Gasteiger charge is -2.43. The summed E-state index contributed by atoms with van der Waals surface area (Å²) in [4.78, 5) is 26.9. The second-order valence-electron chi connectivity index (χ2n) is 7.03. The Hall–Kier alpha value is -1.06. The Bertz CT molecular complexity index is 377. The highest BCUT2D eigenvalue weighted by atomic mass is 16.6. The first-order valence-corrected chi connectivity index (χ1v) is 7.85. The molecule has 0 saturated carbocycles. The third kappa shape index (κ3) is 2.57. The standard InChI is InChI=1S/C16H27NO3/c1-6-10-12-8-9-13(11(7-2)14(10)18)17(12)15(19)20-16(3,4)5/h10-13H,6-9H2,1-5H3/t10-,11-,12+,13+/m0/s1. The van der Waals surface area contributed by atoms with Crippen molar-refractivity contribution in [3.05, 3.63) is 0 Å². The molecule has 2 rings (SSSR count). The normalized spacial score (nSPS) is 33.5. The van der Waals surface area contributed by atoms with Crippen LogP contribution in [0.25, 0.3) is 0 Å². The molecule has 0 aliphatic carbocycles. The van der Waals surface area contributed by atoms with Crippen molar-refractivity contribution in [3.63, 3.8) is 0 Å². The van der Waals surface area contributed by atoms with Crippen LogP contribution in [0.4, 0.5) is 4.79 Å². The number of carbonyl (C=O) groups is 2. The summed E-state index contributed by atoms with van der Waals surface area (Å²) in [6.45, 7) is 9.74. The quantitative estimate of drug-likeness (QED) is 0.779. The van der Waals surface area contributed by atoms with Crippen molar-refractivity contribution in [2.45, 2.75) is 78.0 Å². The summed E-state index contributed by atoms with van der Waals surface area (Å²) < 4.78 is 5.55. The SMILES string of the molecule is CC[C@@H]1C(=O)[C@@H](CC)[C@H]2CC[C@H]1N2C(=O)OC(C)(C)C. The van der Waals surface area contributed by atoms with Gasteiger partial charge in [-0.15, -0.1) is 0 Å². The Morgan fingerprint density at radius 1 is 1.15 bits per heavy atom. The van der Waals surface area contributed by atoms with E-state index in [2.05, 4.69) is 0 Å². The number of ether oxygens (including phenoxy) is 1. The summed E-state index contributed by atoms with van der Waals surface area (Å²) in [7, 11) is 0. The van der Waals surface area contributed by atoms with Crippen LogP contribution in [0.3, 0.4) is 0 Å². The maximum Gasteiger partial charge on any atom is 0.410 e. The summed E-state index contributed by atoms with van der Waals surface area (Å²) in [5.41, 5.74) is -0.485. The summed E-state index contributed by atoms with van der Waals surface area (Å²) >= 11 is 0. The van der Waals surface area contributed by atoms with Gasteiger partial charge in [0.25, 0.3) is 0 Å². The summed E-state index contributed by atoms with van der Waals surface area (Å²) in [5.74, 6) is 0.347. The van der Waals surface area contributed by atoms with E-state index in [1.807, 2.05) is 39.5 Å². The zero-order valence-electron chi connectivity index (χ0n) is 13.3. The summed E-state index contributed by atoms with van der Waals surface area (Å²) in [6, 6.07) is 0.102. The van der Waals surface area contributed by atoms with Crippen LogP contribution >= 0.6 is 0 Å². The van der Waals surface area contributed by atoms with Crippen molar-refractivity contribution < 1.29 is 14.3 Å². The van der Waals surface area contributed by atoms with Gasteiger partial charge in [-0.3, -0.25) is 4.79 Å². The van der Waals surface area contributed by atoms with E-state index >= 15 is 0 Å². The molecule has 0 N–H and O–H groups in total. The summed E-state index contributed by atoms with van der Waals surface area (Å²) in [5, 5.41) is 0. The molecule has 2 bridgehead atoms. The predicted molar refractivity (Wildman–Crippen MR) is 77.5 cm³/mol. The van der Waals surface area contributed by atoms with Crippen LogP contribution in [-0.4, -0.2) is 34.5 Å². The van der Waals surface area contributed by atoms with E-state index in [1.54, 1.807) is 0 Å². The van der Waals surface area contributed by atoms with Crippen molar-refractivity contribution in [3.8, 4) is 0 Å². The number of fused-ring (bicyclic) bond motifs is 2. The number of piperidine rings is 1. The van der Waals surface area contributed by atoms with Gasteiger partial charge in [-0.25, -0.2) is 4.79 Å². The molecule has 2 aliphatic rings. The minimum atomic E-state index is -0.485. The van der Waals surface area contributed by atoms with Crippen molar-refractivity contribution >= 4 is 11.9 Å². The van der Waals surface area contributed by atoms with Gasteiger partial charge in [-0.2, -0.15) is 0 Å². The van der Waals surface area contributed by atoms with Gasteiger partial charge in [0.05, 0.1) is 0 Å². The van der Waals surface area contributed by atoms with Gasteiger partial charge in [0.2, 0.25) is 0 Å². The van der Waals surface area contributed by atoms with Crippen LogP contribution < -0.4 is 0 Å². The Kier molecular flexibility index (Phi) is 4.12. The van der Waals surface area contributed by atoms with E-state index in [0.29, 0.717) is 5.78 Å². The fourth-order valence-corrected chi connectivity index (χ4v) is 3.84. The first-order chi connectivity index (χ1) is 9.30. The van der Waals surface area contributed by atoms with Crippen molar-refractivity contribution in [1.82, 2.24) is 4.90 Å². The minimum Gasteiger partial charge on any atom is -0.444 e. The molecule has 0 aromatic rings. The van der Waals surface area contributed by atoms with Gasteiger partial charge in [0.15, 0.2) is 0 Å². The van der Waals surface area contributed by atoms with Crippen LogP contribution in [0.1, 0.15) is 60.3 Å². The predicted octanol–water partition coefficient (Wildman–Crippen LogP) is 3.39. The smallest absolute Gasteiger partial charge is 0.410 e. The molecule has 2 saturated heterocycles. The van der Waals surface area contributed by atoms with Gasteiger partial charge in [-0.05, 0) is 46.5 Å². The van der Waals surface area contributed by atoms with E-state index in [4.69, 9.17) is 4.74 Å². The van der Waals surface area contributed by atoms with Gasteiger partial charge in [0.1, 0.15) is 11.4 Å². The Balaban J connectivity index is 2.25. The van der Waals surface area contributed by atoms with Crippen molar-refractivity contribution in [2.75, 3.05) is 0 Å². The second kappa shape index (κ2) is 5.38. The highest BCUT2D eigenvalue weighted by molar-refractivity contribution is 5.88. The molecular weight excluding hydrogens is 254 g/mol. The lowest BCUT2D eigenvalue weighted by atomic mass is 9.79. The average Bonchev–Trinajstić information content (AvgIpc) is 2.68. The molecule has 4 heteroatoms. The molecule has 4 atom stereocenters. The fraction of sp³-hybridized carbons (Fsp3) is 0.875. The molecule has 2 fully saturated rings. The van der Waals surface area contributed by atoms with E-state index in [9.17, 15) is 9.59 Å². The first-order valence-electron chi connectivity index (χ1n) is 7.85. The average molecular weight is 281 g/mol. The number of nitrogens with zero attached hydrogens (tertiary/aromatic N) is 1. The number of hydrogen-bond acceptors (Lipinski definition) is 3. The van der Waals surface area contributed by atoms with Crippen LogP contribution in [0, 0.1) is 11.8 Å². The number of Topliss-reactive ketones (excluding diaryl/α,β-unsaturated/α-hetero) is 1. The van der Waals surface area contributed by atoms with E-state index in [1.165, 1.54) is 0 Å². The van der Waals surface area contributed by atoms with Crippen molar-refractivity contribution in [2.24, 2.45) is 11.8 Å². The van der Waals surface area contributed by atoms with Crippen LogP contribution in [0.2, 0.25) is 0 Å². The minimum absolute atomic E-state index is 0.00813. The zero-order chi connectivity index (χ0) is 15.1. The molecule has 2 aliphatic heterocycles. The molecule has 4 nitrogen and oxygen atoms in total. The number of hydrogen-bond donors (Lipinski definition) is 0. The maximum absolute atomic E-state index is 12.5. The Morgan fingerprint density at radius 3 is 1.95 bits per heavy atom. The lowest BCUT2D eigenvalue weighted by molar-refractivity contribution is -0.135. The van der Waals surface area contributed by atoms with E-state index < -0.39 is 5.60 Å².